The fraction of sp³-hybridized carbons (Fsp3) is 0.300. The molecule has 4 aromatic rings. The van der Waals surface area contributed by atoms with E-state index in [1.165, 1.54) is 0 Å². The van der Waals surface area contributed by atoms with Crippen molar-refractivity contribution in [3.63, 3.8) is 0 Å². The van der Waals surface area contributed by atoms with Gasteiger partial charge in [-0.3, -0.25) is 4.79 Å². The summed E-state index contributed by atoms with van der Waals surface area (Å²) in [4.78, 5) is 28.1. The van der Waals surface area contributed by atoms with Crippen molar-refractivity contribution in [2.45, 2.75) is 45.0 Å². The van der Waals surface area contributed by atoms with Crippen molar-refractivity contribution >= 4 is 28.7 Å². The predicted octanol–water partition coefficient (Wildman–Crippen LogP) is 4.46. The molecule has 1 aromatic heterocycles. The highest BCUT2D eigenvalue weighted by Gasteiger charge is 2.32. The first kappa shape index (κ1) is 27.3. The van der Waals surface area contributed by atoms with Gasteiger partial charge in [-0.2, -0.15) is 0 Å². The maximum absolute atomic E-state index is 12.1. The molecular weight excluding hydrogens is 512 g/mol. The van der Waals surface area contributed by atoms with E-state index in [1.807, 2.05) is 67.0 Å². The Kier molecular flexibility index (Phi) is 8.70. The van der Waals surface area contributed by atoms with E-state index in [4.69, 9.17) is 14.2 Å². The normalized spacial score (nSPS) is 18.8. The highest BCUT2D eigenvalue weighted by Crippen LogP contribution is 2.38. The number of benzene rings is 3. The van der Waals surface area contributed by atoms with Crippen molar-refractivity contribution in [3.05, 3.63) is 95.8 Å². The van der Waals surface area contributed by atoms with E-state index in [-0.39, 0.29) is 32.0 Å². The first-order chi connectivity index (χ1) is 19.5. The molecule has 208 valence electrons. The van der Waals surface area contributed by atoms with Crippen LogP contribution in [0.15, 0.2) is 79.1 Å². The Hall–Kier alpha value is -4.25. The van der Waals surface area contributed by atoms with E-state index >= 15 is 0 Å². The number of para-hydroxylation sites is 2. The van der Waals surface area contributed by atoms with Crippen LogP contribution in [0, 0.1) is 0 Å². The molecule has 1 saturated heterocycles. The molecule has 2 amide bonds. The number of esters is 1. The van der Waals surface area contributed by atoms with Crippen LogP contribution in [0.4, 0.5) is 10.5 Å². The Labute approximate surface area is 231 Å². The van der Waals surface area contributed by atoms with Crippen LogP contribution >= 0.6 is 0 Å². The summed E-state index contributed by atoms with van der Waals surface area (Å²) >= 11 is 0. The van der Waals surface area contributed by atoms with Crippen molar-refractivity contribution in [3.8, 4) is 0 Å². The Morgan fingerprint density at radius 3 is 2.52 bits per heavy atom. The fourth-order valence-electron chi connectivity index (χ4n) is 4.67. The third kappa shape index (κ3) is 6.66. The van der Waals surface area contributed by atoms with Crippen LogP contribution in [-0.2, 0) is 32.2 Å². The molecule has 0 radical (unpaired) electrons. The minimum Gasteiger partial charge on any atom is -0.465 e. The molecule has 1 aliphatic heterocycles. The van der Waals surface area contributed by atoms with Crippen LogP contribution in [0.5, 0.6) is 0 Å². The highest BCUT2D eigenvalue weighted by atomic mass is 16.7. The van der Waals surface area contributed by atoms with Crippen LogP contribution < -0.4 is 10.6 Å². The van der Waals surface area contributed by atoms with Gasteiger partial charge in [-0.15, -0.1) is 0 Å². The summed E-state index contributed by atoms with van der Waals surface area (Å²) in [5.41, 5.74) is 5.16. The second-order valence-electron chi connectivity index (χ2n) is 9.47. The van der Waals surface area contributed by atoms with Gasteiger partial charge in [0.15, 0.2) is 6.29 Å². The zero-order valence-electron chi connectivity index (χ0n) is 22.2. The summed E-state index contributed by atoms with van der Waals surface area (Å²) in [5.74, 6) is -0.501. The summed E-state index contributed by atoms with van der Waals surface area (Å²) in [5, 5.41) is 14.6. The van der Waals surface area contributed by atoms with E-state index in [0.29, 0.717) is 18.7 Å². The van der Waals surface area contributed by atoms with Gasteiger partial charge in [-0.25, -0.2) is 9.78 Å². The molecule has 3 atom stereocenters. The molecule has 10 nitrogen and oxygen atoms in total. The predicted molar refractivity (Wildman–Crippen MR) is 148 cm³/mol. The summed E-state index contributed by atoms with van der Waals surface area (Å²) < 4.78 is 19.8. The van der Waals surface area contributed by atoms with Gasteiger partial charge in [-0.05, 0) is 42.3 Å². The maximum atomic E-state index is 12.1. The summed E-state index contributed by atoms with van der Waals surface area (Å²) in [6.45, 7) is 2.33. The van der Waals surface area contributed by atoms with E-state index in [0.717, 1.165) is 27.7 Å². The number of aromatic nitrogens is 2. The third-order valence-corrected chi connectivity index (χ3v) is 6.68. The SMILES string of the molecule is CCOC(=O)CNC(=O)Nc1ccc([C@H]2O[C@@H](Cn3cnc4ccccc43)C[C@@H](c3ccc(CO)cc3)O2)cc1. The molecule has 0 aliphatic carbocycles. The van der Waals surface area contributed by atoms with E-state index < -0.39 is 18.3 Å². The van der Waals surface area contributed by atoms with Gasteiger partial charge in [0.2, 0.25) is 0 Å². The van der Waals surface area contributed by atoms with Gasteiger partial charge in [-0.1, -0.05) is 48.5 Å². The number of aliphatic hydroxyl groups is 1. The number of aliphatic hydroxyl groups excluding tert-OH is 1. The number of imidazole rings is 1. The molecule has 1 aliphatic rings. The number of carbonyl (C=O) groups is 2. The number of hydrogen-bond donors (Lipinski definition) is 3. The molecule has 3 aromatic carbocycles. The van der Waals surface area contributed by atoms with Gasteiger partial charge < -0.3 is 34.5 Å². The fourth-order valence-corrected chi connectivity index (χ4v) is 4.67. The number of fused-ring (bicyclic) bond motifs is 1. The molecule has 40 heavy (non-hydrogen) atoms. The first-order valence-corrected chi connectivity index (χ1v) is 13.2. The molecule has 0 unspecified atom stereocenters. The Morgan fingerprint density at radius 2 is 1.77 bits per heavy atom. The number of anilines is 1. The topological polar surface area (TPSA) is 124 Å². The number of rotatable bonds is 9. The van der Waals surface area contributed by atoms with Crippen LogP contribution in [0.25, 0.3) is 11.0 Å². The van der Waals surface area contributed by atoms with Crippen molar-refractivity contribution in [1.82, 2.24) is 14.9 Å². The number of nitrogens with one attached hydrogen (secondary N) is 2. The van der Waals surface area contributed by atoms with E-state index in [1.54, 1.807) is 19.1 Å². The molecule has 2 heterocycles. The zero-order chi connectivity index (χ0) is 27.9. The lowest BCUT2D eigenvalue weighted by molar-refractivity contribution is -0.252. The average Bonchev–Trinajstić information content (AvgIpc) is 3.39. The lowest BCUT2D eigenvalue weighted by Crippen LogP contribution is -2.34. The number of nitrogens with zero attached hydrogens (tertiary/aromatic N) is 2. The van der Waals surface area contributed by atoms with Crippen molar-refractivity contribution in [2.75, 3.05) is 18.5 Å². The first-order valence-electron chi connectivity index (χ1n) is 13.2. The summed E-state index contributed by atoms with van der Waals surface area (Å²) in [6.07, 6.45) is 1.45. The van der Waals surface area contributed by atoms with Crippen LogP contribution in [0.1, 0.15) is 42.4 Å². The van der Waals surface area contributed by atoms with Gasteiger partial charge >= 0.3 is 12.0 Å². The Balaban J connectivity index is 1.31. The monoisotopic (exact) mass is 544 g/mol. The van der Waals surface area contributed by atoms with Gasteiger partial charge in [0, 0.05) is 17.7 Å². The standard InChI is InChI=1S/C30H32N4O6/c1-2-38-28(36)16-31-30(37)33-23-13-11-22(12-14-23)29-39-24(17-34-19-32-25-5-3-4-6-26(25)34)15-27(40-29)21-9-7-20(18-35)8-10-21/h3-14,19,24,27,29,35H,2,15-18H2,1H3,(H2,31,33,37)/t24-,27+,29+/m1/s1. The lowest BCUT2D eigenvalue weighted by atomic mass is 10.00. The minimum atomic E-state index is -0.636. The summed E-state index contributed by atoms with van der Waals surface area (Å²) in [7, 11) is 0. The maximum Gasteiger partial charge on any atom is 0.325 e. The smallest absolute Gasteiger partial charge is 0.325 e. The van der Waals surface area contributed by atoms with E-state index in [9.17, 15) is 14.7 Å². The highest BCUT2D eigenvalue weighted by molar-refractivity contribution is 5.91. The van der Waals surface area contributed by atoms with Crippen LogP contribution in [0.3, 0.4) is 0 Å². The lowest BCUT2D eigenvalue weighted by Gasteiger charge is -2.36. The number of carbonyl (C=O) groups excluding carboxylic acids is 2. The largest absolute Gasteiger partial charge is 0.465 e. The third-order valence-electron chi connectivity index (χ3n) is 6.68. The molecule has 0 saturated carbocycles. The number of hydrogen-bond acceptors (Lipinski definition) is 7. The van der Waals surface area contributed by atoms with Crippen LogP contribution in [-0.4, -0.2) is 45.9 Å². The molecule has 0 bridgehead atoms. The Morgan fingerprint density at radius 1 is 1.02 bits per heavy atom. The van der Waals surface area contributed by atoms with Gasteiger partial charge in [0.05, 0.1) is 49.3 Å². The van der Waals surface area contributed by atoms with Gasteiger partial charge in [0.1, 0.15) is 6.54 Å². The number of ether oxygens (including phenoxy) is 3. The quantitative estimate of drug-likeness (QED) is 0.266. The van der Waals surface area contributed by atoms with Crippen LogP contribution in [0.2, 0.25) is 0 Å². The zero-order valence-corrected chi connectivity index (χ0v) is 22.2. The number of amides is 2. The second kappa shape index (κ2) is 12.7. The van der Waals surface area contributed by atoms with Crippen molar-refractivity contribution in [1.29, 1.82) is 0 Å². The van der Waals surface area contributed by atoms with Gasteiger partial charge in [0.25, 0.3) is 0 Å². The second-order valence-corrected chi connectivity index (χ2v) is 9.47. The van der Waals surface area contributed by atoms with Crippen molar-refractivity contribution in [2.24, 2.45) is 0 Å². The molecule has 1 fully saturated rings. The molecular formula is C30H32N4O6. The minimum absolute atomic E-state index is 0.0187. The average molecular weight is 545 g/mol. The number of urea groups is 1. The molecule has 10 heteroatoms. The molecule has 3 N–H and O–H groups in total. The Bertz CT molecular complexity index is 1440. The molecule has 5 rings (SSSR count). The summed E-state index contributed by atoms with van der Waals surface area (Å²) in [6, 6.07) is 22.4. The van der Waals surface area contributed by atoms with Crippen molar-refractivity contribution < 1.29 is 28.9 Å². The molecule has 0 spiro atoms. The van der Waals surface area contributed by atoms with E-state index in [2.05, 4.69) is 20.2 Å².